The standard InChI is InChI=1S/C17H15N3OS/c1-11-4-2-3-5-14(11)16(21)20-17-19-15(10-22-17)12-6-8-13(18)9-7-12/h2-10H,18H2,1H3,(H,19,20,21). The molecule has 1 amide bonds. The lowest BCUT2D eigenvalue weighted by molar-refractivity contribution is 0.102. The number of thiazole rings is 1. The molecule has 0 bridgehead atoms. The molecule has 0 spiro atoms. The predicted octanol–water partition coefficient (Wildman–Crippen LogP) is 3.95. The van der Waals surface area contributed by atoms with E-state index >= 15 is 0 Å². The van der Waals surface area contributed by atoms with Crippen LogP contribution in [0.4, 0.5) is 10.8 Å². The summed E-state index contributed by atoms with van der Waals surface area (Å²) in [6.45, 7) is 1.91. The van der Waals surface area contributed by atoms with Crippen LogP contribution in [0, 0.1) is 6.92 Å². The Morgan fingerprint density at radius 2 is 1.86 bits per heavy atom. The summed E-state index contributed by atoms with van der Waals surface area (Å²) in [7, 11) is 0. The van der Waals surface area contributed by atoms with E-state index in [1.165, 1.54) is 11.3 Å². The Bertz CT molecular complexity index is 809. The Morgan fingerprint density at radius 3 is 2.59 bits per heavy atom. The summed E-state index contributed by atoms with van der Waals surface area (Å²) in [5.74, 6) is -0.142. The molecular weight excluding hydrogens is 294 g/mol. The van der Waals surface area contributed by atoms with Crippen LogP contribution in [0.3, 0.4) is 0 Å². The molecule has 0 saturated heterocycles. The van der Waals surface area contributed by atoms with E-state index < -0.39 is 0 Å². The lowest BCUT2D eigenvalue weighted by Crippen LogP contribution is -2.12. The van der Waals surface area contributed by atoms with Crippen LogP contribution >= 0.6 is 11.3 Å². The molecule has 2 aromatic carbocycles. The lowest BCUT2D eigenvalue weighted by atomic mass is 10.1. The second-order valence-electron chi connectivity index (χ2n) is 4.93. The molecule has 22 heavy (non-hydrogen) atoms. The first-order valence-electron chi connectivity index (χ1n) is 6.82. The highest BCUT2D eigenvalue weighted by molar-refractivity contribution is 7.14. The van der Waals surface area contributed by atoms with Crippen molar-refractivity contribution in [3.63, 3.8) is 0 Å². The highest BCUT2D eigenvalue weighted by Crippen LogP contribution is 2.26. The minimum absolute atomic E-state index is 0.142. The highest BCUT2D eigenvalue weighted by atomic mass is 32.1. The van der Waals surface area contributed by atoms with E-state index in [0.29, 0.717) is 16.4 Å². The number of nitrogens with zero attached hydrogens (tertiary/aromatic N) is 1. The van der Waals surface area contributed by atoms with Crippen LogP contribution in [0.25, 0.3) is 11.3 Å². The quantitative estimate of drug-likeness (QED) is 0.720. The van der Waals surface area contributed by atoms with Crippen LogP contribution < -0.4 is 11.1 Å². The Labute approximate surface area is 132 Å². The molecule has 3 N–H and O–H groups in total. The van der Waals surface area contributed by atoms with Crippen molar-refractivity contribution in [3.05, 3.63) is 65.0 Å². The maximum atomic E-state index is 12.3. The van der Waals surface area contributed by atoms with Crippen molar-refractivity contribution >= 4 is 28.1 Å². The van der Waals surface area contributed by atoms with Gasteiger partial charge in [0.1, 0.15) is 0 Å². The number of aryl methyl sites for hydroxylation is 1. The van der Waals surface area contributed by atoms with Crippen LogP contribution in [-0.4, -0.2) is 10.9 Å². The number of nitrogens with two attached hydrogens (primary N) is 1. The zero-order chi connectivity index (χ0) is 15.5. The summed E-state index contributed by atoms with van der Waals surface area (Å²) in [5.41, 5.74) is 9.79. The zero-order valence-corrected chi connectivity index (χ0v) is 12.9. The third-order valence-corrected chi connectivity index (χ3v) is 4.08. The monoisotopic (exact) mass is 309 g/mol. The Kier molecular flexibility index (Phi) is 3.89. The lowest BCUT2D eigenvalue weighted by Gasteiger charge is -2.04. The van der Waals surface area contributed by atoms with Crippen LogP contribution in [0.2, 0.25) is 0 Å². The van der Waals surface area contributed by atoms with E-state index in [9.17, 15) is 4.79 Å². The molecule has 0 unspecified atom stereocenters. The van der Waals surface area contributed by atoms with Crippen LogP contribution in [0.5, 0.6) is 0 Å². The fraction of sp³-hybridized carbons (Fsp3) is 0.0588. The van der Waals surface area contributed by atoms with Crippen LogP contribution in [-0.2, 0) is 0 Å². The van der Waals surface area contributed by atoms with Gasteiger partial charge in [-0.1, -0.05) is 30.3 Å². The fourth-order valence-electron chi connectivity index (χ4n) is 2.11. The van der Waals surface area contributed by atoms with Crippen molar-refractivity contribution < 1.29 is 4.79 Å². The molecule has 0 atom stereocenters. The minimum atomic E-state index is -0.142. The summed E-state index contributed by atoms with van der Waals surface area (Å²) >= 11 is 1.40. The van der Waals surface area contributed by atoms with Gasteiger partial charge in [0.15, 0.2) is 5.13 Å². The number of nitrogen functional groups attached to an aromatic ring is 1. The number of aromatic nitrogens is 1. The molecule has 0 fully saturated rings. The zero-order valence-electron chi connectivity index (χ0n) is 12.0. The van der Waals surface area contributed by atoms with Gasteiger partial charge in [0, 0.05) is 22.2 Å². The molecule has 0 radical (unpaired) electrons. The second kappa shape index (κ2) is 5.99. The molecule has 1 aromatic heterocycles. The highest BCUT2D eigenvalue weighted by Gasteiger charge is 2.11. The van der Waals surface area contributed by atoms with Gasteiger partial charge in [0.05, 0.1) is 5.69 Å². The average molecular weight is 309 g/mol. The number of benzene rings is 2. The molecular formula is C17H15N3OS. The van der Waals surface area contributed by atoms with Gasteiger partial charge in [-0.2, -0.15) is 0 Å². The number of nitrogens with one attached hydrogen (secondary N) is 1. The molecule has 110 valence electrons. The molecule has 3 aromatic rings. The number of hydrogen-bond acceptors (Lipinski definition) is 4. The molecule has 0 aliphatic rings. The molecule has 0 aliphatic carbocycles. The molecule has 0 saturated carbocycles. The smallest absolute Gasteiger partial charge is 0.257 e. The fourth-order valence-corrected chi connectivity index (χ4v) is 2.82. The Hall–Kier alpha value is -2.66. The van der Waals surface area contributed by atoms with Gasteiger partial charge in [-0.05, 0) is 30.7 Å². The van der Waals surface area contributed by atoms with Crippen LogP contribution in [0.1, 0.15) is 15.9 Å². The third-order valence-electron chi connectivity index (χ3n) is 3.32. The SMILES string of the molecule is Cc1ccccc1C(=O)Nc1nc(-c2ccc(N)cc2)cs1. The Balaban J connectivity index is 1.78. The van der Waals surface area contributed by atoms with E-state index in [-0.39, 0.29) is 5.91 Å². The molecule has 5 heteroatoms. The molecule has 3 rings (SSSR count). The summed E-state index contributed by atoms with van der Waals surface area (Å²) in [4.78, 5) is 16.7. The summed E-state index contributed by atoms with van der Waals surface area (Å²) < 4.78 is 0. The van der Waals surface area contributed by atoms with Crippen molar-refractivity contribution in [3.8, 4) is 11.3 Å². The van der Waals surface area contributed by atoms with Gasteiger partial charge in [-0.25, -0.2) is 4.98 Å². The topological polar surface area (TPSA) is 68.0 Å². The van der Waals surface area contributed by atoms with Crippen LogP contribution in [0.15, 0.2) is 53.9 Å². The van der Waals surface area contributed by atoms with Crippen molar-refractivity contribution in [1.29, 1.82) is 0 Å². The molecule has 0 aliphatic heterocycles. The van der Waals surface area contributed by atoms with Crippen molar-refractivity contribution in [1.82, 2.24) is 4.98 Å². The molecule has 4 nitrogen and oxygen atoms in total. The maximum absolute atomic E-state index is 12.3. The van der Waals surface area contributed by atoms with E-state index in [2.05, 4.69) is 10.3 Å². The number of rotatable bonds is 3. The number of amides is 1. The van der Waals surface area contributed by atoms with Gasteiger partial charge < -0.3 is 5.73 Å². The Morgan fingerprint density at radius 1 is 1.14 bits per heavy atom. The summed E-state index contributed by atoms with van der Waals surface area (Å²) in [5, 5.41) is 5.34. The number of carbonyl (C=O) groups is 1. The summed E-state index contributed by atoms with van der Waals surface area (Å²) in [6, 6.07) is 15.0. The van der Waals surface area contributed by atoms with Gasteiger partial charge in [0.25, 0.3) is 5.91 Å². The van der Waals surface area contributed by atoms with Crippen molar-refractivity contribution in [2.75, 3.05) is 11.1 Å². The predicted molar refractivity (Wildman–Crippen MR) is 91.1 cm³/mol. The van der Waals surface area contributed by atoms with Gasteiger partial charge in [-0.15, -0.1) is 11.3 Å². The van der Waals surface area contributed by atoms with E-state index in [1.54, 1.807) is 6.07 Å². The average Bonchev–Trinajstić information content (AvgIpc) is 2.97. The van der Waals surface area contributed by atoms with Gasteiger partial charge >= 0.3 is 0 Å². The van der Waals surface area contributed by atoms with E-state index in [0.717, 1.165) is 16.8 Å². The second-order valence-corrected chi connectivity index (χ2v) is 5.79. The number of hydrogen-bond donors (Lipinski definition) is 2. The van der Waals surface area contributed by atoms with Gasteiger partial charge in [0.2, 0.25) is 0 Å². The first kappa shape index (κ1) is 14.3. The first-order chi connectivity index (χ1) is 10.6. The van der Waals surface area contributed by atoms with Crippen molar-refractivity contribution in [2.24, 2.45) is 0 Å². The number of anilines is 2. The largest absolute Gasteiger partial charge is 0.399 e. The first-order valence-corrected chi connectivity index (χ1v) is 7.70. The van der Waals surface area contributed by atoms with E-state index in [1.807, 2.05) is 54.8 Å². The normalized spacial score (nSPS) is 10.4. The maximum Gasteiger partial charge on any atom is 0.257 e. The van der Waals surface area contributed by atoms with Crippen molar-refractivity contribution in [2.45, 2.75) is 6.92 Å². The summed E-state index contributed by atoms with van der Waals surface area (Å²) in [6.07, 6.45) is 0. The third kappa shape index (κ3) is 2.99. The minimum Gasteiger partial charge on any atom is -0.399 e. The van der Waals surface area contributed by atoms with E-state index in [4.69, 9.17) is 5.73 Å². The number of carbonyl (C=O) groups excluding carboxylic acids is 1. The molecule has 1 heterocycles. The van der Waals surface area contributed by atoms with Gasteiger partial charge in [-0.3, -0.25) is 10.1 Å².